The van der Waals surface area contributed by atoms with E-state index >= 15 is 0 Å². The molecule has 1 fully saturated rings. The van der Waals surface area contributed by atoms with Gasteiger partial charge in [0.15, 0.2) is 0 Å². The fourth-order valence-corrected chi connectivity index (χ4v) is 3.74. The third-order valence-electron chi connectivity index (χ3n) is 4.39. The summed E-state index contributed by atoms with van der Waals surface area (Å²) in [6.07, 6.45) is 1.39. The van der Waals surface area contributed by atoms with Crippen LogP contribution in [0.4, 0.5) is 5.69 Å². The maximum Gasteiger partial charge on any atom is 0.263 e. The lowest BCUT2D eigenvalue weighted by Crippen LogP contribution is -2.41. The Morgan fingerprint density at radius 2 is 2.04 bits per heavy atom. The third-order valence-corrected chi connectivity index (χ3v) is 5.25. The summed E-state index contributed by atoms with van der Waals surface area (Å²) >= 11 is 1.46. The molecule has 2 heterocycles. The fraction of sp³-hybridized carbons (Fsp3) is 0.368. The van der Waals surface area contributed by atoms with Crippen LogP contribution in [0.25, 0.3) is 0 Å². The average Bonchev–Trinajstić information content (AvgIpc) is 3.16. The third kappa shape index (κ3) is 4.46. The van der Waals surface area contributed by atoms with Crippen LogP contribution in [0.1, 0.15) is 28.1 Å². The van der Waals surface area contributed by atoms with E-state index < -0.39 is 0 Å². The maximum absolute atomic E-state index is 12.5. The molecule has 1 aromatic carbocycles. The standard InChI is InChI=1S/C19H22N2O3S/c1-24-13-14-4-2-5-16(12-14)20-18(22)15-7-9-21(10-8-15)19(23)17-6-3-11-25-17/h2-6,11-12,15H,7-10,13H2,1H3,(H,20,22). The molecule has 1 aromatic heterocycles. The van der Waals surface area contributed by atoms with Crippen molar-refractivity contribution in [3.63, 3.8) is 0 Å². The van der Waals surface area contributed by atoms with Crippen LogP contribution in [0.3, 0.4) is 0 Å². The van der Waals surface area contributed by atoms with Gasteiger partial charge in [-0.3, -0.25) is 9.59 Å². The number of carbonyl (C=O) groups excluding carboxylic acids is 2. The van der Waals surface area contributed by atoms with Gasteiger partial charge in [0.1, 0.15) is 0 Å². The lowest BCUT2D eigenvalue weighted by atomic mass is 9.95. The first kappa shape index (κ1) is 17.6. The van der Waals surface area contributed by atoms with Crippen LogP contribution in [-0.2, 0) is 16.1 Å². The molecule has 1 saturated heterocycles. The number of methoxy groups -OCH3 is 1. The van der Waals surface area contributed by atoms with E-state index in [9.17, 15) is 9.59 Å². The van der Waals surface area contributed by atoms with E-state index in [1.807, 2.05) is 46.7 Å². The molecule has 3 rings (SSSR count). The Balaban J connectivity index is 1.53. The van der Waals surface area contributed by atoms with E-state index in [1.165, 1.54) is 11.3 Å². The van der Waals surface area contributed by atoms with Crippen molar-refractivity contribution in [1.29, 1.82) is 0 Å². The number of rotatable bonds is 5. The van der Waals surface area contributed by atoms with E-state index in [0.717, 1.165) is 16.1 Å². The lowest BCUT2D eigenvalue weighted by Gasteiger charge is -2.31. The highest BCUT2D eigenvalue weighted by atomic mass is 32.1. The molecule has 0 bridgehead atoms. The zero-order valence-corrected chi connectivity index (χ0v) is 15.1. The minimum atomic E-state index is -0.0570. The van der Waals surface area contributed by atoms with Gasteiger partial charge >= 0.3 is 0 Å². The highest BCUT2D eigenvalue weighted by Crippen LogP contribution is 2.22. The number of anilines is 1. The molecule has 0 aliphatic carbocycles. The molecule has 6 heteroatoms. The number of benzene rings is 1. The molecular formula is C19H22N2O3S. The quantitative estimate of drug-likeness (QED) is 0.891. The van der Waals surface area contributed by atoms with Crippen molar-refractivity contribution in [2.24, 2.45) is 5.92 Å². The summed E-state index contributed by atoms with van der Waals surface area (Å²) < 4.78 is 5.12. The lowest BCUT2D eigenvalue weighted by molar-refractivity contribution is -0.121. The summed E-state index contributed by atoms with van der Waals surface area (Å²) in [4.78, 5) is 27.5. The SMILES string of the molecule is COCc1cccc(NC(=O)C2CCN(C(=O)c3cccs3)CC2)c1. The number of hydrogen-bond acceptors (Lipinski definition) is 4. The van der Waals surface area contributed by atoms with Gasteiger partial charge in [-0.25, -0.2) is 0 Å². The Morgan fingerprint density at radius 1 is 1.24 bits per heavy atom. The number of thiophene rings is 1. The van der Waals surface area contributed by atoms with Gasteiger partial charge in [-0.2, -0.15) is 0 Å². The second-order valence-electron chi connectivity index (χ2n) is 6.17. The predicted molar refractivity (Wildman–Crippen MR) is 98.7 cm³/mol. The van der Waals surface area contributed by atoms with Crippen molar-refractivity contribution in [1.82, 2.24) is 4.90 Å². The van der Waals surface area contributed by atoms with E-state index in [-0.39, 0.29) is 17.7 Å². The second kappa shape index (κ2) is 8.27. The van der Waals surface area contributed by atoms with Gasteiger partial charge in [0.2, 0.25) is 5.91 Å². The highest BCUT2D eigenvalue weighted by Gasteiger charge is 2.28. The van der Waals surface area contributed by atoms with Gasteiger partial charge in [0, 0.05) is 31.8 Å². The summed E-state index contributed by atoms with van der Waals surface area (Å²) in [5, 5.41) is 4.89. The molecule has 132 valence electrons. The van der Waals surface area contributed by atoms with E-state index in [4.69, 9.17) is 4.74 Å². The number of carbonyl (C=O) groups is 2. The molecule has 25 heavy (non-hydrogen) atoms. The van der Waals surface area contributed by atoms with Gasteiger partial charge in [0.05, 0.1) is 11.5 Å². The normalized spacial score (nSPS) is 15.2. The number of amides is 2. The number of piperidine rings is 1. The molecule has 1 aliphatic heterocycles. The highest BCUT2D eigenvalue weighted by molar-refractivity contribution is 7.12. The number of ether oxygens (including phenoxy) is 1. The van der Waals surface area contributed by atoms with Crippen LogP contribution in [0.5, 0.6) is 0 Å². The average molecular weight is 358 g/mol. The van der Waals surface area contributed by atoms with Crippen LogP contribution in [0.15, 0.2) is 41.8 Å². The minimum absolute atomic E-state index is 0.0257. The monoisotopic (exact) mass is 358 g/mol. The van der Waals surface area contributed by atoms with E-state index in [0.29, 0.717) is 32.5 Å². The molecule has 0 atom stereocenters. The maximum atomic E-state index is 12.5. The number of nitrogens with zero attached hydrogens (tertiary/aromatic N) is 1. The summed E-state index contributed by atoms with van der Waals surface area (Å²) in [7, 11) is 1.65. The van der Waals surface area contributed by atoms with Crippen LogP contribution in [0.2, 0.25) is 0 Å². The van der Waals surface area contributed by atoms with E-state index in [2.05, 4.69) is 5.32 Å². The number of hydrogen-bond donors (Lipinski definition) is 1. The molecule has 0 saturated carbocycles. The smallest absolute Gasteiger partial charge is 0.263 e. The Bertz CT molecular complexity index is 722. The van der Waals surface area contributed by atoms with Crippen molar-refractivity contribution in [2.75, 3.05) is 25.5 Å². The second-order valence-corrected chi connectivity index (χ2v) is 7.11. The first-order chi connectivity index (χ1) is 12.2. The van der Waals surface area contributed by atoms with Crippen molar-refractivity contribution < 1.29 is 14.3 Å². The Kier molecular flexibility index (Phi) is 5.83. The molecule has 2 aromatic rings. The summed E-state index contributed by atoms with van der Waals surface area (Å²) in [5.41, 5.74) is 1.81. The topological polar surface area (TPSA) is 58.6 Å². The van der Waals surface area contributed by atoms with Crippen LogP contribution in [-0.4, -0.2) is 36.9 Å². The molecular weight excluding hydrogens is 336 g/mol. The number of nitrogens with one attached hydrogen (secondary N) is 1. The Labute approximate surface area is 151 Å². The van der Waals surface area contributed by atoms with Crippen LogP contribution >= 0.6 is 11.3 Å². The first-order valence-corrected chi connectivity index (χ1v) is 9.27. The molecule has 0 spiro atoms. The summed E-state index contributed by atoms with van der Waals surface area (Å²) in [6, 6.07) is 11.4. The van der Waals surface area contributed by atoms with Gasteiger partial charge in [-0.15, -0.1) is 11.3 Å². The van der Waals surface area contributed by atoms with Gasteiger partial charge in [-0.05, 0) is 42.0 Å². The molecule has 1 aliphatic rings. The molecule has 1 N–H and O–H groups in total. The Morgan fingerprint density at radius 3 is 2.72 bits per heavy atom. The Hall–Kier alpha value is -2.18. The zero-order valence-electron chi connectivity index (χ0n) is 14.2. The fourth-order valence-electron chi connectivity index (χ4n) is 3.05. The van der Waals surface area contributed by atoms with Crippen LogP contribution < -0.4 is 5.32 Å². The van der Waals surface area contributed by atoms with Crippen molar-refractivity contribution >= 4 is 28.8 Å². The van der Waals surface area contributed by atoms with Crippen molar-refractivity contribution in [2.45, 2.75) is 19.4 Å². The predicted octanol–water partition coefficient (Wildman–Crippen LogP) is 3.39. The van der Waals surface area contributed by atoms with Crippen molar-refractivity contribution in [3.8, 4) is 0 Å². The zero-order chi connectivity index (χ0) is 17.6. The van der Waals surface area contributed by atoms with Gasteiger partial charge in [-0.1, -0.05) is 18.2 Å². The summed E-state index contributed by atoms with van der Waals surface area (Å²) in [5.74, 6) is 0.0392. The molecule has 2 amide bonds. The molecule has 0 unspecified atom stereocenters. The minimum Gasteiger partial charge on any atom is -0.380 e. The van der Waals surface area contributed by atoms with Crippen LogP contribution in [0, 0.1) is 5.92 Å². The van der Waals surface area contributed by atoms with Gasteiger partial charge in [0.25, 0.3) is 5.91 Å². The summed E-state index contributed by atoms with van der Waals surface area (Å²) in [6.45, 7) is 1.77. The molecule has 0 radical (unpaired) electrons. The van der Waals surface area contributed by atoms with E-state index in [1.54, 1.807) is 7.11 Å². The van der Waals surface area contributed by atoms with Crippen molar-refractivity contribution in [3.05, 3.63) is 52.2 Å². The largest absolute Gasteiger partial charge is 0.380 e. The molecule has 5 nitrogen and oxygen atoms in total. The first-order valence-electron chi connectivity index (χ1n) is 8.39. The van der Waals surface area contributed by atoms with Gasteiger partial charge < -0.3 is 15.0 Å². The number of likely N-dealkylation sites (tertiary alicyclic amines) is 1.